The molecule has 0 spiro atoms. The number of nitrogens with zero attached hydrogens (tertiary/aromatic N) is 1. The number of hydrogen-bond donors (Lipinski definition) is 0. The molecule has 0 fully saturated rings. The average molecular weight is 376 g/mol. The Morgan fingerprint density at radius 2 is 1.85 bits per heavy atom. The summed E-state index contributed by atoms with van der Waals surface area (Å²) in [5, 5.41) is 0.393. The molecule has 1 aliphatic carbocycles. The Bertz CT molecular complexity index is 892. The zero-order valence-electron chi connectivity index (χ0n) is 16.8. The van der Waals surface area contributed by atoms with Gasteiger partial charge >= 0.3 is 0 Å². The summed E-state index contributed by atoms with van der Waals surface area (Å²) < 4.78 is 0. The van der Waals surface area contributed by atoms with Gasteiger partial charge in [0, 0.05) is 11.4 Å². The van der Waals surface area contributed by atoms with E-state index in [1.165, 1.54) is 45.7 Å². The Labute approximate surface area is 168 Å². The Hall–Kier alpha value is -1.93. The molecular weight excluding hydrogens is 346 g/mol. The van der Waals surface area contributed by atoms with Crippen molar-refractivity contribution in [2.75, 3.05) is 11.4 Å². The van der Waals surface area contributed by atoms with Crippen molar-refractivity contribution in [1.82, 2.24) is 0 Å². The number of hydrogen-bond acceptors (Lipinski definition) is 2. The van der Waals surface area contributed by atoms with Gasteiger partial charge in [-0.1, -0.05) is 73.7 Å². The second kappa shape index (κ2) is 7.24. The van der Waals surface area contributed by atoms with Crippen LogP contribution in [0.15, 0.2) is 76.7 Å². The van der Waals surface area contributed by atoms with Gasteiger partial charge in [0.05, 0.1) is 11.1 Å². The number of allylic oxidation sites excluding steroid dienone is 3. The minimum atomic E-state index is 0.373. The van der Waals surface area contributed by atoms with E-state index in [-0.39, 0.29) is 0 Å². The zero-order valence-corrected chi connectivity index (χ0v) is 17.6. The molecule has 0 amide bonds. The average Bonchev–Trinajstić information content (AvgIpc) is 2.96. The highest BCUT2D eigenvalue weighted by Crippen LogP contribution is 2.47. The van der Waals surface area contributed by atoms with Crippen LogP contribution in [-0.4, -0.2) is 11.9 Å². The van der Waals surface area contributed by atoms with Gasteiger partial charge in [-0.05, 0) is 67.0 Å². The second-order valence-electron chi connectivity index (χ2n) is 8.59. The number of rotatable bonds is 3. The third-order valence-corrected chi connectivity index (χ3v) is 6.73. The van der Waals surface area contributed by atoms with E-state index in [1.807, 2.05) is 11.8 Å². The van der Waals surface area contributed by atoms with E-state index < -0.39 is 0 Å². The third-order valence-electron chi connectivity index (χ3n) is 5.50. The van der Waals surface area contributed by atoms with Crippen LogP contribution in [0.4, 0.5) is 5.69 Å². The Morgan fingerprint density at radius 1 is 1.07 bits per heavy atom. The lowest BCUT2D eigenvalue weighted by Gasteiger charge is -2.31. The van der Waals surface area contributed by atoms with Gasteiger partial charge in [-0.2, -0.15) is 0 Å². The molecule has 140 valence electrons. The van der Waals surface area contributed by atoms with E-state index in [9.17, 15) is 0 Å². The summed E-state index contributed by atoms with van der Waals surface area (Å²) in [6, 6.07) is 17.6. The zero-order chi connectivity index (χ0) is 19.0. The molecule has 4 rings (SSSR count). The fourth-order valence-corrected chi connectivity index (χ4v) is 5.87. The molecule has 1 nitrogen and oxygen atoms in total. The van der Waals surface area contributed by atoms with Crippen molar-refractivity contribution in [3.05, 3.63) is 71.8 Å². The molecule has 1 unspecified atom stereocenters. The highest BCUT2D eigenvalue weighted by Gasteiger charge is 2.30. The van der Waals surface area contributed by atoms with Gasteiger partial charge in [0.1, 0.15) is 0 Å². The molecule has 27 heavy (non-hydrogen) atoms. The molecule has 2 aliphatic rings. The molecule has 2 aromatic carbocycles. The summed E-state index contributed by atoms with van der Waals surface area (Å²) in [4.78, 5) is 3.94. The van der Waals surface area contributed by atoms with Crippen molar-refractivity contribution in [3.63, 3.8) is 0 Å². The molecule has 2 aromatic rings. The minimum Gasteiger partial charge on any atom is -0.355 e. The fourth-order valence-electron chi connectivity index (χ4n) is 4.54. The number of thioether (sulfide) groups is 1. The number of likely N-dealkylation sites (N-methyl/N-ethyl adjacent to an activating group) is 1. The Balaban J connectivity index is 1.65. The third kappa shape index (κ3) is 3.87. The van der Waals surface area contributed by atoms with E-state index in [0.29, 0.717) is 10.8 Å². The highest BCUT2D eigenvalue weighted by molar-refractivity contribution is 8.00. The number of anilines is 1. The first-order valence-electron chi connectivity index (χ1n) is 9.96. The van der Waals surface area contributed by atoms with Crippen LogP contribution in [0.1, 0.15) is 40.5 Å². The summed E-state index contributed by atoms with van der Waals surface area (Å²) in [5.74, 6) is 0. The van der Waals surface area contributed by atoms with Crippen molar-refractivity contribution in [2.24, 2.45) is 5.41 Å². The van der Waals surface area contributed by atoms with Gasteiger partial charge in [0.2, 0.25) is 0 Å². The van der Waals surface area contributed by atoms with Crippen molar-refractivity contribution < 1.29 is 0 Å². The van der Waals surface area contributed by atoms with Crippen LogP contribution in [0, 0.1) is 5.41 Å². The largest absolute Gasteiger partial charge is 0.355 e. The van der Waals surface area contributed by atoms with E-state index >= 15 is 0 Å². The van der Waals surface area contributed by atoms with Gasteiger partial charge in [-0.3, -0.25) is 0 Å². The van der Waals surface area contributed by atoms with Crippen molar-refractivity contribution in [2.45, 2.75) is 50.8 Å². The van der Waals surface area contributed by atoms with Gasteiger partial charge in [0.15, 0.2) is 0 Å². The first-order valence-corrected chi connectivity index (χ1v) is 10.8. The van der Waals surface area contributed by atoms with Crippen molar-refractivity contribution in [1.29, 1.82) is 0 Å². The van der Waals surface area contributed by atoms with E-state index in [1.54, 1.807) is 0 Å². The maximum absolute atomic E-state index is 2.55. The SMILES string of the molecule is CCN1c2cc(-c3ccccc3)ccc2SC1C=C1C=C(C)CC(C)(C)C1. The van der Waals surface area contributed by atoms with Crippen LogP contribution in [0.2, 0.25) is 0 Å². The number of benzene rings is 2. The highest BCUT2D eigenvalue weighted by atomic mass is 32.2. The van der Waals surface area contributed by atoms with Gasteiger partial charge < -0.3 is 4.90 Å². The van der Waals surface area contributed by atoms with Crippen molar-refractivity contribution in [3.8, 4) is 11.1 Å². The molecule has 0 saturated heterocycles. The van der Waals surface area contributed by atoms with E-state index in [2.05, 4.69) is 93.3 Å². The van der Waals surface area contributed by atoms with E-state index in [4.69, 9.17) is 0 Å². The van der Waals surface area contributed by atoms with Gasteiger partial charge in [-0.15, -0.1) is 0 Å². The van der Waals surface area contributed by atoms with Gasteiger partial charge in [0.25, 0.3) is 0 Å². The monoisotopic (exact) mass is 375 g/mol. The molecule has 0 aromatic heterocycles. The lowest BCUT2D eigenvalue weighted by atomic mass is 9.75. The Kier molecular flexibility index (Phi) is 4.94. The predicted molar refractivity (Wildman–Crippen MR) is 119 cm³/mol. The lowest BCUT2D eigenvalue weighted by Crippen LogP contribution is -2.28. The van der Waals surface area contributed by atoms with E-state index in [0.717, 1.165) is 6.54 Å². The standard InChI is InChI=1S/C25H29NS/c1-5-26-22-15-21(20-9-7-6-8-10-20)11-12-23(22)27-24(26)14-19-13-18(2)16-25(3,4)17-19/h6-15,24H,5,16-17H2,1-4H3. The van der Waals surface area contributed by atoms with Crippen molar-refractivity contribution >= 4 is 17.4 Å². The molecule has 0 saturated carbocycles. The molecule has 0 N–H and O–H groups in total. The van der Waals surface area contributed by atoms with Crippen LogP contribution in [0.3, 0.4) is 0 Å². The smallest absolute Gasteiger partial charge is 0.0988 e. The Morgan fingerprint density at radius 3 is 2.56 bits per heavy atom. The minimum absolute atomic E-state index is 0.373. The predicted octanol–water partition coefficient (Wildman–Crippen LogP) is 7.30. The number of fused-ring (bicyclic) bond motifs is 1. The normalized spacial score (nSPS) is 22.7. The fraction of sp³-hybridized carbons (Fsp3) is 0.360. The van der Waals surface area contributed by atoms with Crippen LogP contribution in [-0.2, 0) is 0 Å². The summed E-state index contributed by atoms with van der Waals surface area (Å²) >= 11 is 1.99. The first-order chi connectivity index (χ1) is 12.9. The summed E-state index contributed by atoms with van der Waals surface area (Å²) in [5.41, 5.74) is 7.34. The quantitative estimate of drug-likeness (QED) is 0.553. The van der Waals surface area contributed by atoms with Crippen LogP contribution < -0.4 is 4.90 Å². The molecule has 1 aliphatic heterocycles. The topological polar surface area (TPSA) is 3.24 Å². The molecule has 0 radical (unpaired) electrons. The molecule has 1 atom stereocenters. The van der Waals surface area contributed by atoms with Gasteiger partial charge in [-0.25, -0.2) is 0 Å². The molecule has 0 bridgehead atoms. The molecule has 2 heteroatoms. The molecular formula is C25H29NS. The van der Waals surface area contributed by atoms with Crippen LogP contribution >= 0.6 is 11.8 Å². The maximum atomic E-state index is 2.55. The maximum Gasteiger partial charge on any atom is 0.0988 e. The summed E-state index contributed by atoms with van der Waals surface area (Å²) in [6.07, 6.45) is 7.30. The summed E-state index contributed by atoms with van der Waals surface area (Å²) in [7, 11) is 0. The second-order valence-corrected chi connectivity index (χ2v) is 9.75. The van der Waals surface area contributed by atoms with Crippen LogP contribution in [0.25, 0.3) is 11.1 Å². The molecule has 1 heterocycles. The summed E-state index contributed by atoms with van der Waals surface area (Å²) in [6.45, 7) is 10.3. The van der Waals surface area contributed by atoms with Crippen LogP contribution in [0.5, 0.6) is 0 Å². The first kappa shape index (κ1) is 18.4. The lowest BCUT2D eigenvalue weighted by molar-refractivity contribution is 0.351.